The molecule has 0 fully saturated rings. The molecule has 0 aliphatic carbocycles. The number of non-ortho nitro benzene ring substituents is 1. The molecule has 1 aromatic rings. The average Bonchev–Trinajstić information content (AvgIpc) is 2.88. The monoisotopic (exact) mass is 347 g/mol. The number of anilines is 1. The van der Waals surface area contributed by atoms with E-state index in [-0.39, 0.29) is 12.2 Å². The number of nitro groups is 1. The summed E-state index contributed by atoms with van der Waals surface area (Å²) in [6.07, 6.45) is -6.77. The van der Waals surface area contributed by atoms with Crippen LogP contribution in [-0.2, 0) is 11.2 Å². The van der Waals surface area contributed by atoms with Crippen molar-refractivity contribution in [3.63, 3.8) is 0 Å². The number of likely N-dealkylation sites (N-methyl/N-ethyl adjacent to an activating group) is 1. The number of benzene rings is 1. The number of halogens is 3. The summed E-state index contributed by atoms with van der Waals surface area (Å²) in [4.78, 5) is 24.9. The smallest absolute Gasteiger partial charge is 0.382 e. The summed E-state index contributed by atoms with van der Waals surface area (Å²) in [6, 6.07) is 4.20. The molecule has 0 saturated heterocycles. The molecule has 132 valence electrons. The van der Waals surface area contributed by atoms with Gasteiger partial charge in [-0.3, -0.25) is 19.8 Å². The second kappa shape index (κ2) is 6.73. The number of aliphatic hydroxyl groups is 1. The molecule has 0 saturated carbocycles. The molecule has 1 heterocycles. The van der Waals surface area contributed by atoms with Crippen LogP contribution >= 0.6 is 0 Å². The number of nitro benzene ring substituents is 1. The summed E-state index contributed by atoms with van der Waals surface area (Å²) in [6.45, 7) is -0.759. The topological polar surface area (TPSA) is 86.9 Å². The molecule has 24 heavy (non-hydrogen) atoms. The second-order valence-electron chi connectivity index (χ2n) is 5.62. The Kier molecular flexibility index (Phi) is 5.09. The van der Waals surface area contributed by atoms with Crippen LogP contribution in [-0.4, -0.2) is 59.8 Å². The highest BCUT2D eigenvalue weighted by atomic mass is 19.4. The Bertz CT molecular complexity index is 651. The third-order valence-electron chi connectivity index (χ3n) is 3.74. The molecule has 1 atom stereocenters. The molecule has 1 unspecified atom stereocenters. The third kappa shape index (κ3) is 4.01. The molecular weight excluding hydrogens is 331 g/mol. The Labute approximate surface area is 135 Å². The van der Waals surface area contributed by atoms with Crippen LogP contribution in [0.4, 0.5) is 24.5 Å². The molecule has 1 amide bonds. The average molecular weight is 347 g/mol. The lowest BCUT2D eigenvalue weighted by molar-refractivity contribution is -0.384. The van der Waals surface area contributed by atoms with Crippen LogP contribution in [0.2, 0.25) is 0 Å². The summed E-state index contributed by atoms with van der Waals surface area (Å²) in [5.74, 6) is -0.480. The Balaban J connectivity index is 2.05. The summed E-state index contributed by atoms with van der Waals surface area (Å²) >= 11 is 0. The second-order valence-corrected chi connectivity index (χ2v) is 5.62. The first-order valence-electron chi connectivity index (χ1n) is 7.10. The fourth-order valence-electron chi connectivity index (χ4n) is 2.52. The molecule has 1 aromatic carbocycles. The normalized spacial score (nSPS) is 15.5. The zero-order valence-electron chi connectivity index (χ0n) is 12.8. The first kappa shape index (κ1) is 18.1. The lowest BCUT2D eigenvalue weighted by Crippen LogP contribution is -2.44. The minimum absolute atomic E-state index is 0.158. The number of carbonyl (C=O) groups is 1. The Morgan fingerprint density at radius 2 is 2.17 bits per heavy atom. The number of rotatable bonds is 5. The highest BCUT2D eigenvalue weighted by Crippen LogP contribution is 2.31. The maximum absolute atomic E-state index is 12.3. The van der Waals surface area contributed by atoms with Gasteiger partial charge >= 0.3 is 6.18 Å². The van der Waals surface area contributed by atoms with E-state index < -0.39 is 29.7 Å². The number of aliphatic hydroxyl groups excluding tert-OH is 1. The van der Waals surface area contributed by atoms with Crippen LogP contribution < -0.4 is 4.90 Å². The zero-order chi connectivity index (χ0) is 18.1. The largest absolute Gasteiger partial charge is 0.415 e. The van der Waals surface area contributed by atoms with E-state index in [1.54, 1.807) is 6.07 Å². The van der Waals surface area contributed by atoms with Crippen molar-refractivity contribution in [2.24, 2.45) is 0 Å². The van der Waals surface area contributed by atoms with Gasteiger partial charge in [0.05, 0.1) is 17.2 Å². The summed E-state index contributed by atoms with van der Waals surface area (Å²) in [7, 11) is 1.29. The van der Waals surface area contributed by atoms with Crippen molar-refractivity contribution in [1.82, 2.24) is 4.90 Å². The molecule has 2 rings (SSSR count). The van der Waals surface area contributed by atoms with Crippen LogP contribution in [0.1, 0.15) is 5.56 Å². The van der Waals surface area contributed by atoms with E-state index in [0.29, 0.717) is 18.7 Å². The van der Waals surface area contributed by atoms with E-state index in [1.165, 1.54) is 24.1 Å². The molecule has 0 spiro atoms. The maximum Gasteiger partial charge on any atom is 0.415 e. The Morgan fingerprint density at radius 1 is 1.50 bits per heavy atom. The van der Waals surface area contributed by atoms with Crippen LogP contribution in [0.25, 0.3) is 0 Å². The van der Waals surface area contributed by atoms with Crippen LogP contribution in [0.5, 0.6) is 0 Å². The number of fused-ring (bicyclic) bond motifs is 1. The van der Waals surface area contributed by atoms with Gasteiger partial charge in [-0.1, -0.05) is 6.07 Å². The van der Waals surface area contributed by atoms with Gasteiger partial charge in [0.2, 0.25) is 5.91 Å². The fraction of sp³-hybridized carbons (Fsp3) is 0.500. The third-order valence-corrected chi connectivity index (χ3v) is 3.74. The van der Waals surface area contributed by atoms with Crippen molar-refractivity contribution in [3.8, 4) is 0 Å². The van der Waals surface area contributed by atoms with Gasteiger partial charge in [-0.15, -0.1) is 0 Å². The first-order valence-corrected chi connectivity index (χ1v) is 7.10. The summed E-state index contributed by atoms with van der Waals surface area (Å²) < 4.78 is 37.0. The van der Waals surface area contributed by atoms with E-state index >= 15 is 0 Å². The molecule has 1 N–H and O–H groups in total. The van der Waals surface area contributed by atoms with E-state index in [9.17, 15) is 28.1 Å². The Morgan fingerprint density at radius 3 is 2.75 bits per heavy atom. The van der Waals surface area contributed by atoms with Crippen molar-refractivity contribution in [2.75, 3.05) is 31.6 Å². The Hall–Kier alpha value is -2.20. The van der Waals surface area contributed by atoms with Crippen molar-refractivity contribution >= 4 is 17.3 Å². The number of hydrogen-bond acceptors (Lipinski definition) is 5. The summed E-state index contributed by atoms with van der Waals surface area (Å²) in [5, 5.41) is 19.9. The van der Waals surface area contributed by atoms with Crippen LogP contribution in [0.15, 0.2) is 18.2 Å². The molecule has 0 aromatic heterocycles. The molecule has 7 nitrogen and oxygen atoms in total. The first-order chi connectivity index (χ1) is 11.1. The van der Waals surface area contributed by atoms with E-state index in [1.807, 2.05) is 0 Å². The molecule has 0 radical (unpaired) electrons. The van der Waals surface area contributed by atoms with Gasteiger partial charge in [-0.25, -0.2) is 0 Å². The number of amides is 1. The van der Waals surface area contributed by atoms with E-state index in [2.05, 4.69) is 0 Å². The van der Waals surface area contributed by atoms with Crippen molar-refractivity contribution < 1.29 is 28.0 Å². The number of hydrogen-bond donors (Lipinski definition) is 1. The summed E-state index contributed by atoms with van der Waals surface area (Å²) in [5.41, 5.74) is 1.01. The lowest BCUT2D eigenvalue weighted by atomic mass is 10.1. The van der Waals surface area contributed by atoms with Gasteiger partial charge in [0, 0.05) is 25.2 Å². The van der Waals surface area contributed by atoms with Gasteiger partial charge in [-0.2, -0.15) is 13.2 Å². The standard InChI is InChI=1S/C14H16F3N3O4/c1-18(7-12(21)14(15,16)17)8-13(22)19-5-4-9-2-3-10(20(23)24)6-11(9)19/h2-3,6,12,21H,4-5,7-8H2,1H3. The van der Waals surface area contributed by atoms with Gasteiger partial charge in [0.1, 0.15) is 0 Å². The van der Waals surface area contributed by atoms with Crippen molar-refractivity contribution in [2.45, 2.75) is 18.7 Å². The van der Waals surface area contributed by atoms with Gasteiger partial charge in [0.15, 0.2) is 6.10 Å². The highest BCUT2D eigenvalue weighted by molar-refractivity contribution is 5.97. The van der Waals surface area contributed by atoms with Crippen molar-refractivity contribution in [3.05, 3.63) is 33.9 Å². The fourth-order valence-corrected chi connectivity index (χ4v) is 2.52. The minimum atomic E-state index is -4.75. The number of nitrogens with zero attached hydrogens (tertiary/aromatic N) is 3. The SMILES string of the molecule is CN(CC(=O)N1CCc2ccc([N+](=O)[O-])cc21)CC(O)C(F)(F)F. The zero-order valence-corrected chi connectivity index (χ0v) is 12.8. The maximum atomic E-state index is 12.3. The van der Waals surface area contributed by atoms with Crippen molar-refractivity contribution in [1.29, 1.82) is 0 Å². The predicted molar refractivity (Wildman–Crippen MR) is 78.7 cm³/mol. The van der Waals surface area contributed by atoms with Gasteiger partial charge in [-0.05, 0) is 19.0 Å². The molecule has 1 aliphatic rings. The predicted octanol–water partition coefficient (Wildman–Crippen LogP) is 1.34. The number of alkyl halides is 3. The highest BCUT2D eigenvalue weighted by Gasteiger charge is 2.39. The quantitative estimate of drug-likeness (QED) is 0.642. The molecule has 0 bridgehead atoms. The molecular formula is C14H16F3N3O4. The molecule has 1 aliphatic heterocycles. The van der Waals surface area contributed by atoms with Gasteiger partial charge in [0.25, 0.3) is 5.69 Å². The lowest BCUT2D eigenvalue weighted by Gasteiger charge is -2.24. The van der Waals surface area contributed by atoms with Crippen LogP contribution in [0.3, 0.4) is 0 Å². The van der Waals surface area contributed by atoms with Gasteiger partial charge < -0.3 is 10.0 Å². The van der Waals surface area contributed by atoms with E-state index in [0.717, 1.165) is 10.5 Å². The van der Waals surface area contributed by atoms with Crippen LogP contribution in [0, 0.1) is 10.1 Å². The number of carbonyl (C=O) groups excluding carboxylic acids is 1. The molecule has 10 heteroatoms. The van der Waals surface area contributed by atoms with E-state index in [4.69, 9.17) is 5.11 Å². The minimum Gasteiger partial charge on any atom is -0.382 e.